The van der Waals surface area contributed by atoms with Crippen molar-refractivity contribution in [1.82, 2.24) is 0 Å². The molecule has 0 amide bonds. The molecule has 0 saturated carbocycles. The largest absolute Gasteiger partial charge is 0.492 e. The molecular weight excluding hydrogens is 243 g/mol. The summed E-state index contributed by atoms with van der Waals surface area (Å²) >= 11 is 0. The predicted molar refractivity (Wildman–Crippen MR) is 73.5 cm³/mol. The Morgan fingerprint density at radius 3 is 2.84 bits per heavy atom. The third kappa shape index (κ3) is 3.31. The molecular formula is C16H17FO2. The van der Waals surface area contributed by atoms with Crippen molar-refractivity contribution in [3.63, 3.8) is 0 Å². The summed E-state index contributed by atoms with van der Waals surface area (Å²) in [5.74, 6) is 0.289. The zero-order valence-electron chi connectivity index (χ0n) is 11.4. The van der Waals surface area contributed by atoms with Gasteiger partial charge in [-0.15, -0.1) is 0 Å². The van der Waals surface area contributed by atoms with Crippen molar-refractivity contribution in [3.05, 3.63) is 47.8 Å². The normalized spacial score (nSPS) is 17.4. The van der Waals surface area contributed by atoms with Gasteiger partial charge in [-0.1, -0.05) is 26.0 Å². The summed E-state index contributed by atoms with van der Waals surface area (Å²) in [6.07, 6.45) is 5.22. The average Bonchev–Trinajstić information content (AvgIpc) is 2.44. The maximum atomic E-state index is 13.4. The molecule has 19 heavy (non-hydrogen) atoms. The molecule has 3 heteroatoms. The maximum absolute atomic E-state index is 13.4. The van der Waals surface area contributed by atoms with Crippen LogP contribution >= 0.6 is 0 Å². The van der Waals surface area contributed by atoms with Crippen molar-refractivity contribution in [2.45, 2.75) is 20.8 Å². The number of carbonyl (C=O) groups excluding carboxylic acids is 1. The fourth-order valence-corrected chi connectivity index (χ4v) is 2.00. The van der Waals surface area contributed by atoms with Crippen molar-refractivity contribution in [1.29, 1.82) is 0 Å². The van der Waals surface area contributed by atoms with Gasteiger partial charge in [0, 0.05) is 11.0 Å². The predicted octanol–water partition coefficient (Wildman–Crippen LogP) is 3.77. The molecule has 1 aliphatic rings. The lowest BCUT2D eigenvalue weighted by molar-refractivity contribution is -0.112. The molecule has 0 atom stereocenters. The number of hydrogen-bond donors (Lipinski definition) is 0. The molecule has 1 aromatic carbocycles. The van der Waals surface area contributed by atoms with E-state index in [0.717, 1.165) is 5.57 Å². The second-order valence-corrected chi connectivity index (χ2v) is 5.46. The standard InChI is InChI=1S/C16H17FO2/c1-11(18)4-5-12-9-16(2,3)10-19-15-7-6-13(17)8-14(12)15/h4-9H,10H2,1-3H3/b5-4+. The second kappa shape index (κ2) is 5.00. The van der Waals surface area contributed by atoms with Crippen LogP contribution in [0.25, 0.3) is 5.57 Å². The summed E-state index contributed by atoms with van der Waals surface area (Å²) in [5, 5.41) is 0. The van der Waals surface area contributed by atoms with Gasteiger partial charge in [-0.05, 0) is 36.8 Å². The fraction of sp³-hybridized carbons (Fsp3) is 0.312. The van der Waals surface area contributed by atoms with Gasteiger partial charge in [0.1, 0.15) is 11.6 Å². The van der Waals surface area contributed by atoms with Crippen LogP contribution in [0.2, 0.25) is 0 Å². The molecule has 2 nitrogen and oxygen atoms in total. The summed E-state index contributed by atoms with van der Waals surface area (Å²) in [6, 6.07) is 4.44. The molecule has 0 radical (unpaired) electrons. The Morgan fingerprint density at radius 1 is 1.42 bits per heavy atom. The Labute approximate surface area is 112 Å². The van der Waals surface area contributed by atoms with Crippen LogP contribution in [0.3, 0.4) is 0 Å². The van der Waals surface area contributed by atoms with E-state index in [1.807, 2.05) is 19.9 Å². The van der Waals surface area contributed by atoms with Crippen molar-refractivity contribution in [2.75, 3.05) is 6.61 Å². The highest BCUT2D eigenvalue weighted by molar-refractivity contribution is 5.91. The number of allylic oxidation sites excluding steroid dienone is 3. The highest BCUT2D eigenvalue weighted by atomic mass is 19.1. The molecule has 0 unspecified atom stereocenters. The molecule has 0 N–H and O–H groups in total. The molecule has 0 fully saturated rings. The van der Waals surface area contributed by atoms with Gasteiger partial charge >= 0.3 is 0 Å². The van der Waals surface area contributed by atoms with E-state index < -0.39 is 0 Å². The van der Waals surface area contributed by atoms with E-state index in [4.69, 9.17) is 4.74 Å². The van der Waals surface area contributed by atoms with Crippen LogP contribution in [-0.4, -0.2) is 12.4 Å². The Balaban J connectivity index is 2.54. The van der Waals surface area contributed by atoms with Crippen molar-refractivity contribution >= 4 is 11.4 Å². The highest BCUT2D eigenvalue weighted by Crippen LogP contribution is 2.36. The number of ether oxygens (including phenoxy) is 1. The van der Waals surface area contributed by atoms with Crippen molar-refractivity contribution in [3.8, 4) is 5.75 Å². The minimum absolute atomic E-state index is 0.0400. The van der Waals surface area contributed by atoms with Crippen LogP contribution < -0.4 is 4.74 Å². The molecule has 1 aliphatic heterocycles. The van der Waals surface area contributed by atoms with Gasteiger partial charge in [-0.2, -0.15) is 0 Å². The van der Waals surface area contributed by atoms with Gasteiger partial charge in [0.05, 0.1) is 6.61 Å². The first-order valence-electron chi connectivity index (χ1n) is 6.22. The lowest BCUT2D eigenvalue weighted by Crippen LogP contribution is -2.17. The monoisotopic (exact) mass is 260 g/mol. The summed E-state index contributed by atoms with van der Waals surface area (Å²) in [4.78, 5) is 11.1. The SMILES string of the molecule is CC(=O)/C=C/C1=CC(C)(C)COc2ccc(F)cc21. The average molecular weight is 260 g/mol. The molecule has 0 aromatic heterocycles. The van der Waals surface area contributed by atoms with E-state index >= 15 is 0 Å². The van der Waals surface area contributed by atoms with E-state index in [2.05, 4.69) is 0 Å². The minimum atomic E-state index is -0.316. The number of ketones is 1. The van der Waals surface area contributed by atoms with Crippen LogP contribution in [0.5, 0.6) is 5.75 Å². The molecule has 2 rings (SSSR count). The zero-order chi connectivity index (χ0) is 14.0. The lowest BCUT2D eigenvalue weighted by atomic mass is 9.90. The van der Waals surface area contributed by atoms with Gasteiger partial charge in [0.25, 0.3) is 0 Å². The van der Waals surface area contributed by atoms with E-state index in [0.29, 0.717) is 17.9 Å². The Morgan fingerprint density at radius 2 is 2.16 bits per heavy atom. The van der Waals surface area contributed by atoms with E-state index in [9.17, 15) is 9.18 Å². The van der Waals surface area contributed by atoms with Gasteiger partial charge in [-0.3, -0.25) is 4.79 Å². The summed E-state index contributed by atoms with van der Waals surface area (Å²) < 4.78 is 19.1. The number of halogens is 1. The van der Waals surface area contributed by atoms with Crippen LogP contribution in [-0.2, 0) is 4.79 Å². The lowest BCUT2D eigenvalue weighted by Gasteiger charge is -2.18. The number of benzene rings is 1. The minimum Gasteiger partial charge on any atom is -0.492 e. The number of fused-ring (bicyclic) bond motifs is 1. The zero-order valence-corrected chi connectivity index (χ0v) is 11.4. The smallest absolute Gasteiger partial charge is 0.152 e. The molecule has 0 saturated heterocycles. The van der Waals surface area contributed by atoms with Gasteiger partial charge in [-0.25, -0.2) is 4.39 Å². The molecule has 0 aliphatic carbocycles. The Hall–Kier alpha value is -1.90. The van der Waals surface area contributed by atoms with E-state index in [-0.39, 0.29) is 17.0 Å². The first kappa shape index (κ1) is 13.5. The second-order valence-electron chi connectivity index (χ2n) is 5.46. The van der Waals surface area contributed by atoms with Crippen LogP contribution in [0, 0.1) is 11.2 Å². The Kier molecular flexibility index (Phi) is 3.56. The van der Waals surface area contributed by atoms with Crippen LogP contribution in [0.4, 0.5) is 4.39 Å². The molecule has 100 valence electrons. The van der Waals surface area contributed by atoms with E-state index in [1.165, 1.54) is 25.1 Å². The quantitative estimate of drug-likeness (QED) is 0.756. The topological polar surface area (TPSA) is 26.3 Å². The first-order chi connectivity index (χ1) is 8.87. The van der Waals surface area contributed by atoms with Crippen LogP contribution in [0.1, 0.15) is 26.3 Å². The van der Waals surface area contributed by atoms with Crippen molar-refractivity contribution in [2.24, 2.45) is 5.41 Å². The molecule has 1 aromatic rings. The Bertz CT molecular complexity index is 568. The maximum Gasteiger partial charge on any atom is 0.152 e. The summed E-state index contributed by atoms with van der Waals surface area (Å²) in [5.41, 5.74) is 1.32. The molecule has 0 spiro atoms. The summed E-state index contributed by atoms with van der Waals surface area (Å²) in [7, 11) is 0. The third-order valence-corrected chi connectivity index (χ3v) is 2.90. The van der Waals surface area contributed by atoms with Crippen LogP contribution in [0.15, 0.2) is 36.4 Å². The first-order valence-corrected chi connectivity index (χ1v) is 6.22. The molecule has 1 heterocycles. The highest BCUT2D eigenvalue weighted by Gasteiger charge is 2.23. The van der Waals surface area contributed by atoms with Crippen molar-refractivity contribution < 1.29 is 13.9 Å². The molecule has 0 bridgehead atoms. The third-order valence-electron chi connectivity index (χ3n) is 2.90. The number of hydrogen-bond acceptors (Lipinski definition) is 2. The number of rotatable bonds is 2. The summed E-state index contributed by atoms with van der Waals surface area (Å²) in [6.45, 7) is 6.08. The van der Waals surface area contributed by atoms with Gasteiger partial charge in [0.15, 0.2) is 5.78 Å². The van der Waals surface area contributed by atoms with Gasteiger partial charge < -0.3 is 4.74 Å². The van der Waals surface area contributed by atoms with Gasteiger partial charge in [0.2, 0.25) is 0 Å². The fourth-order valence-electron chi connectivity index (χ4n) is 2.00. The number of carbonyl (C=O) groups is 1. The van der Waals surface area contributed by atoms with E-state index in [1.54, 1.807) is 12.1 Å².